The number of hydrazine groups is 1. The molecule has 4 N–H and O–H groups in total. The lowest BCUT2D eigenvalue weighted by Gasteiger charge is -2.47. The van der Waals surface area contributed by atoms with Crippen molar-refractivity contribution >= 4 is 24.1 Å². The average Bonchev–Trinajstić information content (AvgIpc) is 3.79. The highest BCUT2D eigenvalue weighted by molar-refractivity contribution is 5.79. The summed E-state index contributed by atoms with van der Waals surface area (Å²) in [5, 5.41) is 32.0. The molecule has 20 heteroatoms. The van der Waals surface area contributed by atoms with Crippen LogP contribution in [0.5, 0.6) is 0 Å². The van der Waals surface area contributed by atoms with Crippen molar-refractivity contribution in [2.45, 2.75) is 147 Å². The van der Waals surface area contributed by atoms with Crippen LogP contribution < -0.4 is 10.9 Å². The Bertz CT molecular complexity index is 1890. The van der Waals surface area contributed by atoms with E-state index in [9.17, 15) is 33.8 Å². The summed E-state index contributed by atoms with van der Waals surface area (Å²) in [5.74, 6) is -4.52. The fourth-order valence-corrected chi connectivity index (χ4v) is 9.16. The van der Waals surface area contributed by atoms with Gasteiger partial charge in [0.2, 0.25) is 0 Å². The average molecular weight is 878 g/mol. The Morgan fingerprint density at radius 3 is 2.47 bits per heavy atom. The molecule has 0 unspecified atom stereocenters. The van der Waals surface area contributed by atoms with Gasteiger partial charge in [0.1, 0.15) is 36.4 Å². The van der Waals surface area contributed by atoms with Gasteiger partial charge in [0.05, 0.1) is 29.9 Å². The number of carbonyl (C=O) groups excluding carboxylic acids is 4. The van der Waals surface area contributed by atoms with E-state index >= 15 is 0 Å². The van der Waals surface area contributed by atoms with E-state index in [2.05, 4.69) is 21.2 Å². The third-order valence-electron chi connectivity index (χ3n) is 12.4. The lowest BCUT2D eigenvalue weighted by Crippen LogP contribution is -2.59. The van der Waals surface area contributed by atoms with Crippen molar-refractivity contribution in [2.75, 3.05) is 27.7 Å². The fourth-order valence-electron chi connectivity index (χ4n) is 9.16. The molecule has 3 aliphatic heterocycles. The molecule has 19 nitrogen and oxygen atoms in total. The standard InChI is InChI=1S/C42H64FN7O12/c1-12-31-42(8)36(61-40(55)62-42)26(6)49(11)19-22(2)18-41(7,56)35(60-38-33(52)30(48(9)10)16-23(3)57-38)24(4)34(25(5)37(53)58-31)59-39(54)46-45-32(51)21-50-20-29(44-47-50)27-14-13-15-28(43)17-27/h13-15,17,20,22-26,30-31,33-36,38,52,56H,12,16,18-19,21H2,1-11H3,(H,45,51)(H,46,54)/t22-,23-,24+,25-,26-,30+,31-,33-,34+,35-,36-,38+,41-,42-/m1/s1. The number of nitrogens with one attached hydrogen (secondary N) is 2. The van der Waals surface area contributed by atoms with Gasteiger partial charge in [0.15, 0.2) is 18.0 Å². The third kappa shape index (κ3) is 11.2. The monoisotopic (exact) mass is 877 g/mol. The second kappa shape index (κ2) is 19.9. The van der Waals surface area contributed by atoms with E-state index < -0.39 is 102 Å². The molecular weight excluding hydrogens is 813 g/mol. The van der Waals surface area contributed by atoms with Crippen LogP contribution >= 0.6 is 0 Å². The number of ether oxygens (including phenoxy) is 6. The lowest BCUT2D eigenvalue weighted by molar-refractivity contribution is -0.299. The highest BCUT2D eigenvalue weighted by Gasteiger charge is 2.58. The number of carbonyl (C=O) groups is 4. The van der Waals surface area contributed by atoms with Crippen LogP contribution in [-0.4, -0.2) is 153 Å². The number of likely N-dealkylation sites (N-methyl/N-ethyl adjacent to an activating group) is 2. The number of aliphatic hydroxyl groups excluding tert-OH is 1. The van der Waals surface area contributed by atoms with Crippen LogP contribution in [0.4, 0.5) is 14.0 Å². The molecule has 0 saturated carbocycles. The minimum absolute atomic E-state index is 0.126. The summed E-state index contributed by atoms with van der Waals surface area (Å²) in [7, 11) is 5.53. The van der Waals surface area contributed by atoms with Crippen molar-refractivity contribution in [1.29, 1.82) is 0 Å². The van der Waals surface area contributed by atoms with Crippen molar-refractivity contribution in [1.82, 2.24) is 35.6 Å². The summed E-state index contributed by atoms with van der Waals surface area (Å²) >= 11 is 0. The van der Waals surface area contributed by atoms with Crippen molar-refractivity contribution in [3.63, 3.8) is 0 Å². The molecule has 3 aliphatic rings. The van der Waals surface area contributed by atoms with Crippen molar-refractivity contribution in [3.05, 3.63) is 36.3 Å². The molecular formula is C42H64FN7O12. The first-order valence-electron chi connectivity index (χ1n) is 21.1. The SMILES string of the molecule is CC[C@H]1OC(=O)[C@H](C)[C@@H](OC(=O)NNC(=O)Cn2cc(-c3cccc(F)c3)nn2)[C@H](C)[C@@H](O[C@@H]2O[C@H](C)C[C@H](N(C)C)[C@H]2O)[C@](C)(O)C[C@@H](C)CN(C)[C@H](C)[C@H]2OC(=O)O[C@@]21C. The van der Waals surface area contributed by atoms with E-state index in [0.29, 0.717) is 24.2 Å². The first kappa shape index (κ1) is 48.6. The number of cyclic esters (lactones) is 1. The van der Waals surface area contributed by atoms with Gasteiger partial charge >= 0.3 is 18.2 Å². The highest BCUT2D eigenvalue weighted by atomic mass is 19.1. The van der Waals surface area contributed by atoms with E-state index in [0.717, 1.165) is 0 Å². The Balaban J connectivity index is 1.45. The zero-order valence-corrected chi connectivity index (χ0v) is 37.4. The predicted octanol–water partition coefficient (Wildman–Crippen LogP) is 3.02. The number of amides is 2. The van der Waals surface area contributed by atoms with Gasteiger partial charge in [-0.15, -0.1) is 5.10 Å². The minimum atomic E-state index is -1.71. The number of aliphatic hydroxyl groups is 2. The van der Waals surface area contributed by atoms with Gasteiger partial charge in [0.25, 0.3) is 5.91 Å². The van der Waals surface area contributed by atoms with Crippen LogP contribution in [0.25, 0.3) is 11.3 Å². The second-order valence-electron chi connectivity index (χ2n) is 17.9. The summed E-state index contributed by atoms with van der Waals surface area (Å²) < 4.78 is 51.3. The van der Waals surface area contributed by atoms with Crippen LogP contribution in [-0.2, 0) is 44.6 Å². The Kier molecular flexibility index (Phi) is 15.6. The molecule has 0 bridgehead atoms. The Morgan fingerprint density at radius 1 is 1.10 bits per heavy atom. The van der Waals surface area contributed by atoms with Gasteiger partial charge < -0.3 is 43.5 Å². The maximum Gasteiger partial charge on any atom is 0.509 e. The molecule has 14 atom stereocenters. The fraction of sp³-hybridized carbons (Fsp3) is 0.714. The van der Waals surface area contributed by atoms with Crippen molar-refractivity contribution < 1.29 is 62.2 Å². The topological polar surface area (TPSA) is 225 Å². The smallest absolute Gasteiger partial charge is 0.458 e. The molecule has 5 rings (SSSR count). The first-order chi connectivity index (χ1) is 29.0. The Hall–Kier alpha value is -4.47. The quantitative estimate of drug-likeness (QED) is 0.170. The van der Waals surface area contributed by atoms with Crippen molar-refractivity contribution in [3.8, 4) is 11.3 Å². The van der Waals surface area contributed by atoms with E-state index in [-0.39, 0.29) is 30.9 Å². The van der Waals surface area contributed by atoms with Crippen LogP contribution in [0.3, 0.4) is 0 Å². The molecule has 4 heterocycles. The molecule has 3 saturated heterocycles. The number of aromatic nitrogens is 3. The Morgan fingerprint density at radius 2 is 1.81 bits per heavy atom. The molecule has 2 amide bonds. The largest absolute Gasteiger partial charge is 0.509 e. The number of hydrogen-bond acceptors (Lipinski definition) is 16. The third-order valence-corrected chi connectivity index (χ3v) is 12.4. The molecule has 0 aliphatic carbocycles. The normalized spacial score (nSPS) is 36.3. The predicted molar refractivity (Wildman–Crippen MR) is 219 cm³/mol. The van der Waals surface area contributed by atoms with Gasteiger partial charge in [-0.3, -0.25) is 19.9 Å². The summed E-state index contributed by atoms with van der Waals surface area (Å²) in [6.07, 6.45) is -6.99. The van der Waals surface area contributed by atoms with Gasteiger partial charge in [-0.1, -0.05) is 38.1 Å². The highest BCUT2D eigenvalue weighted by Crippen LogP contribution is 2.40. The zero-order valence-electron chi connectivity index (χ0n) is 37.4. The van der Waals surface area contributed by atoms with Gasteiger partial charge in [-0.2, -0.15) is 0 Å². The molecule has 346 valence electrons. The number of nitrogens with zero attached hydrogens (tertiary/aromatic N) is 5. The summed E-state index contributed by atoms with van der Waals surface area (Å²) in [6.45, 7) is 13.8. The lowest BCUT2D eigenvalue weighted by atomic mass is 9.77. The second-order valence-corrected chi connectivity index (χ2v) is 17.9. The number of esters is 1. The van der Waals surface area contributed by atoms with E-state index in [4.69, 9.17) is 28.4 Å². The van der Waals surface area contributed by atoms with Crippen LogP contribution in [0.1, 0.15) is 74.7 Å². The molecule has 62 heavy (non-hydrogen) atoms. The number of fused-ring (bicyclic) bond motifs is 1. The number of rotatable bonds is 8. The molecule has 2 aromatic rings. The first-order valence-corrected chi connectivity index (χ1v) is 21.1. The summed E-state index contributed by atoms with van der Waals surface area (Å²) in [5.41, 5.74) is 2.13. The van der Waals surface area contributed by atoms with Gasteiger partial charge in [0, 0.05) is 30.1 Å². The molecule has 0 spiro atoms. The maximum absolute atomic E-state index is 14.3. The van der Waals surface area contributed by atoms with E-state index in [1.54, 1.807) is 33.8 Å². The van der Waals surface area contributed by atoms with E-state index in [1.807, 2.05) is 51.7 Å². The number of hydrogen-bond donors (Lipinski definition) is 4. The Labute approximate surface area is 361 Å². The van der Waals surface area contributed by atoms with E-state index in [1.165, 1.54) is 36.0 Å². The molecule has 3 fully saturated rings. The molecule has 1 aromatic heterocycles. The van der Waals surface area contributed by atoms with Crippen LogP contribution in [0.2, 0.25) is 0 Å². The number of halogens is 1. The summed E-state index contributed by atoms with van der Waals surface area (Å²) in [4.78, 5) is 57.5. The summed E-state index contributed by atoms with van der Waals surface area (Å²) in [6, 6.07) is 4.93. The number of benzene rings is 1. The minimum Gasteiger partial charge on any atom is -0.458 e. The van der Waals surface area contributed by atoms with Crippen LogP contribution in [0.15, 0.2) is 30.5 Å². The van der Waals surface area contributed by atoms with Crippen molar-refractivity contribution in [2.24, 2.45) is 17.8 Å². The van der Waals surface area contributed by atoms with Gasteiger partial charge in [-0.25, -0.2) is 24.1 Å². The molecule has 0 radical (unpaired) electrons. The maximum atomic E-state index is 14.3. The van der Waals surface area contributed by atoms with Crippen LogP contribution in [0, 0.1) is 23.6 Å². The van der Waals surface area contributed by atoms with Gasteiger partial charge in [-0.05, 0) is 93.1 Å². The molecule has 1 aromatic carbocycles. The zero-order chi connectivity index (χ0) is 45.8.